The first-order valence-electron chi connectivity index (χ1n) is 7.80. The second-order valence-corrected chi connectivity index (χ2v) is 5.64. The molecule has 124 valence electrons. The molecule has 4 nitrogen and oxygen atoms in total. The Hall–Kier alpha value is -0.820. The number of halogens is 1. The van der Waals surface area contributed by atoms with Crippen molar-refractivity contribution in [3.8, 4) is 0 Å². The monoisotopic (exact) mass is 417 g/mol. The van der Waals surface area contributed by atoms with E-state index < -0.39 is 0 Å². The zero-order chi connectivity index (χ0) is 15.1. The normalized spacial score (nSPS) is 15.9. The van der Waals surface area contributed by atoms with Crippen molar-refractivity contribution in [2.75, 3.05) is 33.4 Å². The number of guanidine groups is 1. The number of hydrogen-bond acceptors (Lipinski definition) is 2. The molecule has 0 spiro atoms. The molecule has 2 N–H and O–H groups in total. The molecule has 5 heteroatoms. The molecule has 1 fully saturated rings. The van der Waals surface area contributed by atoms with Gasteiger partial charge in [-0.1, -0.05) is 24.3 Å². The highest BCUT2D eigenvalue weighted by molar-refractivity contribution is 14.0. The first-order chi connectivity index (χ1) is 10.2. The van der Waals surface area contributed by atoms with Crippen LogP contribution in [0, 0.1) is 6.92 Å². The van der Waals surface area contributed by atoms with Crippen LogP contribution in [-0.2, 0) is 10.2 Å². The van der Waals surface area contributed by atoms with Crippen LogP contribution in [-0.4, -0.2) is 39.3 Å². The molecule has 0 radical (unpaired) electrons. The molecule has 0 bridgehead atoms. The second-order valence-electron chi connectivity index (χ2n) is 5.64. The van der Waals surface area contributed by atoms with Crippen molar-refractivity contribution in [2.45, 2.75) is 32.1 Å². The van der Waals surface area contributed by atoms with Crippen LogP contribution in [0.4, 0.5) is 0 Å². The quantitative estimate of drug-likeness (QED) is 0.311. The van der Waals surface area contributed by atoms with E-state index in [4.69, 9.17) is 4.74 Å². The fourth-order valence-electron chi connectivity index (χ4n) is 2.72. The van der Waals surface area contributed by atoms with Gasteiger partial charge in [0.25, 0.3) is 0 Å². The zero-order valence-corrected chi connectivity index (χ0v) is 16.1. The highest BCUT2D eigenvalue weighted by Gasteiger charge is 2.44. The van der Waals surface area contributed by atoms with Crippen LogP contribution >= 0.6 is 24.0 Å². The van der Waals surface area contributed by atoms with E-state index in [1.165, 1.54) is 24.0 Å². The molecule has 1 aromatic rings. The molecule has 0 saturated heterocycles. The Morgan fingerprint density at radius 2 is 2.00 bits per heavy atom. The Bertz CT molecular complexity index is 487. The summed E-state index contributed by atoms with van der Waals surface area (Å²) in [6, 6.07) is 8.70. The lowest BCUT2D eigenvalue weighted by Gasteiger charge is -2.20. The standard InChI is InChI=1S/C17H27N3O.HI/c1-4-21-12-11-19-16(18-3)20-13-17(9-10-17)15-8-6-5-7-14(15)2;/h5-8H,4,9-13H2,1-3H3,(H2,18,19,20);1H. The number of nitrogens with zero attached hydrogens (tertiary/aromatic N) is 1. The van der Waals surface area contributed by atoms with E-state index in [1.807, 2.05) is 14.0 Å². The van der Waals surface area contributed by atoms with E-state index in [0.717, 1.165) is 25.7 Å². The van der Waals surface area contributed by atoms with E-state index in [9.17, 15) is 0 Å². The Morgan fingerprint density at radius 3 is 2.59 bits per heavy atom. The minimum absolute atomic E-state index is 0. The summed E-state index contributed by atoms with van der Waals surface area (Å²) >= 11 is 0. The second kappa shape index (κ2) is 9.35. The summed E-state index contributed by atoms with van der Waals surface area (Å²) in [4.78, 5) is 4.27. The van der Waals surface area contributed by atoms with Crippen LogP contribution in [0.15, 0.2) is 29.3 Å². The van der Waals surface area contributed by atoms with Gasteiger partial charge in [0.05, 0.1) is 6.61 Å². The van der Waals surface area contributed by atoms with E-state index in [2.05, 4.69) is 46.8 Å². The lowest BCUT2D eigenvalue weighted by Crippen LogP contribution is -2.42. The highest BCUT2D eigenvalue weighted by Crippen LogP contribution is 2.48. The first-order valence-corrected chi connectivity index (χ1v) is 7.80. The molecule has 0 amide bonds. The SMILES string of the molecule is CCOCCNC(=NC)NCC1(c2ccccc2C)CC1.I. The molecule has 0 unspecified atom stereocenters. The number of rotatable bonds is 7. The molecule has 1 aromatic carbocycles. The highest BCUT2D eigenvalue weighted by atomic mass is 127. The third-order valence-electron chi connectivity index (χ3n) is 4.13. The van der Waals surface area contributed by atoms with Gasteiger partial charge in [-0.15, -0.1) is 24.0 Å². The molecule has 0 heterocycles. The number of ether oxygens (including phenoxy) is 1. The number of aryl methyl sites for hydroxylation is 1. The summed E-state index contributed by atoms with van der Waals surface area (Å²) in [6.07, 6.45) is 2.50. The third kappa shape index (κ3) is 5.12. The van der Waals surface area contributed by atoms with E-state index in [-0.39, 0.29) is 24.0 Å². The Kier molecular flexibility index (Phi) is 8.17. The molecule has 0 aromatic heterocycles. The first kappa shape index (κ1) is 19.2. The van der Waals surface area contributed by atoms with Gasteiger partial charge in [-0.2, -0.15) is 0 Å². The van der Waals surface area contributed by atoms with Crippen molar-refractivity contribution in [1.82, 2.24) is 10.6 Å². The van der Waals surface area contributed by atoms with Gasteiger partial charge in [0.2, 0.25) is 0 Å². The van der Waals surface area contributed by atoms with Crippen molar-refractivity contribution in [2.24, 2.45) is 4.99 Å². The molecule has 2 rings (SSSR count). The summed E-state index contributed by atoms with van der Waals surface area (Å²) in [5.41, 5.74) is 3.15. The number of nitrogens with one attached hydrogen (secondary N) is 2. The predicted molar refractivity (Wildman–Crippen MR) is 103 cm³/mol. The maximum atomic E-state index is 5.33. The van der Waals surface area contributed by atoms with Crippen LogP contribution in [0.5, 0.6) is 0 Å². The van der Waals surface area contributed by atoms with Gasteiger partial charge >= 0.3 is 0 Å². The molecule has 0 aliphatic heterocycles. The van der Waals surface area contributed by atoms with Gasteiger partial charge in [0.1, 0.15) is 0 Å². The largest absolute Gasteiger partial charge is 0.380 e. The molecular formula is C17H28IN3O. The van der Waals surface area contributed by atoms with Crippen molar-refractivity contribution >= 4 is 29.9 Å². The maximum Gasteiger partial charge on any atom is 0.191 e. The molecule has 1 saturated carbocycles. The van der Waals surface area contributed by atoms with Crippen molar-refractivity contribution < 1.29 is 4.74 Å². The van der Waals surface area contributed by atoms with Gasteiger partial charge in [-0.05, 0) is 37.8 Å². The van der Waals surface area contributed by atoms with Crippen molar-refractivity contribution in [1.29, 1.82) is 0 Å². The fraction of sp³-hybridized carbons (Fsp3) is 0.588. The minimum Gasteiger partial charge on any atom is -0.380 e. The predicted octanol–water partition coefficient (Wildman–Crippen LogP) is 2.85. The molecule has 1 aliphatic carbocycles. The number of hydrogen-bond donors (Lipinski definition) is 2. The van der Waals surface area contributed by atoms with Gasteiger partial charge in [0, 0.05) is 32.2 Å². The maximum absolute atomic E-state index is 5.33. The zero-order valence-electron chi connectivity index (χ0n) is 13.8. The number of benzene rings is 1. The minimum atomic E-state index is 0. The van der Waals surface area contributed by atoms with Crippen LogP contribution in [0.25, 0.3) is 0 Å². The van der Waals surface area contributed by atoms with Crippen molar-refractivity contribution in [3.63, 3.8) is 0 Å². The summed E-state index contributed by atoms with van der Waals surface area (Å²) in [7, 11) is 1.81. The van der Waals surface area contributed by atoms with Crippen LogP contribution in [0.3, 0.4) is 0 Å². The lowest BCUT2D eigenvalue weighted by atomic mass is 9.92. The summed E-state index contributed by atoms with van der Waals surface area (Å²) < 4.78 is 5.33. The van der Waals surface area contributed by atoms with E-state index in [1.54, 1.807) is 0 Å². The number of aliphatic imine (C=N–C) groups is 1. The van der Waals surface area contributed by atoms with E-state index in [0.29, 0.717) is 12.0 Å². The van der Waals surface area contributed by atoms with Gasteiger partial charge in [-0.3, -0.25) is 4.99 Å². The van der Waals surface area contributed by atoms with Crippen molar-refractivity contribution in [3.05, 3.63) is 35.4 Å². The Labute approximate surface area is 151 Å². The fourth-order valence-corrected chi connectivity index (χ4v) is 2.72. The summed E-state index contributed by atoms with van der Waals surface area (Å²) in [5.74, 6) is 0.856. The smallest absolute Gasteiger partial charge is 0.191 e. The van der Waals surface area contributed by atoms with Gasteiger partial charge in [-0.25, -0.2) is 0 Å². The Morgan fingerprint density at radius 1 is 1.27 bits per heavy atom. The molecule has 1 aliphatic rings. The van der Waals surface area contributed by atoms with Crippen LogP contribution in [0.2, 0.25) is 0 Å². The molecule has 22 heavy (non-hydrogen) atoms. The lowest BCUT2D eigenvalue weighted by molar-refractivity contribution is 0.152. The van der Waals surface area contributed by atoms with Crippen LogP contribution < -0.4 is 10.6 Å². The average Bonchev–Trinajstić information content (AvgIpc) is 3.28. The Balaban J connectivity index is 0.00000242. The summed E-state index contributed by atoms with van der Waals surface area (Å²) in [5, 5.41) is 6.74. The van der Waals surface area contributed by atoms with E-state index >= 15 is 0 Å². The average molecular weight is 417 g/mol. The van der Waals surface area contributed by atoms with Gasteiger partial charge < -0.3 is 15.4 Å². The summed E-state index contributed by atoms with van der Waals surface area (Å²) in [6.45, 7) is 7.39. The molecule has 0 atom stereocenters. The third-order valence-corrected chi connectivity index (χ3v) is 4.13. The molecular weight excluding hydrogens is 389 g/mol. The van der Waals surface area contributed by atoms with Gasteiger partial charge in [0.15, 0.2) is 5.96 Å². The topological polar surface area (TPSA) is 45.6 Å². The van der Waals surface area contributed by atoms with Crippen LogP contribution in [0.1, 0.15) is 30.9 Å².